The second-order valence-corrected chi connectivity index (χ2v) is 6.33. The summed E-state index contributed by atoms with van der Waals surface area (Å²) in [6, 6.07) is 6.70. The zero-order valence-corrected chi connectivity index (χ0v) is 14.0. The molecule has 1 aromatic carbocycles. The van der Waals surface area contributed by atoms with Crippen molar-refractivity contribution in [1.82, 2.24) is 19.9 Å². The van der Waals surface area contributed by atoms with Gasteiger partial charge in [-0.2, -0.15) is 0 Å². The van der Waals surface area contributed by atoms with E-state index in [1.54, 1.807) is 11.6 Å². The van der Waals surface area contributed by atoms with Gasteiger partial charge in [0.2, 0.25) is 0 Å². The lowest BCUT2D eigenvalue weighted by molar-refractivity contribution is -0.141. The van der Waals surface area contributed by atoms with E-state index in [-0.39, 0.29) is 11.6 Å². The first-order valence-electron chi connectivity index (χ1n) is 7.21. The number of amides is 1. The number of hydrogen-bond acceptors (Lipinski definition) is 4. The largest absolute Gasteiger partial charge is 0.480 e. The standard InChI is InChI=1S/C15H15BrN4O3/c1-9-13(14(21)19-7-3-6-12(19)15(22)23)17-18-20(9)11-5-2-4-10(16)8-11/h2,4-5,8,12H,3,6-7H2,1H3,(H,22,23)/t12-/m0/s1. The number of rotatable bonds is 3. The molecule has 0 spiro atoms. The van der Waals surface area contributed by atoms with Crippen molar-refractivity contribution in [3.8, 4) is 5.69 Å². The highest BCUT2D eigenvalue weighted by atomic mass is 79.9. The third-order valence-electron chi connectivity index (χ3n) is 3.95. The monoisotopic (exact) mass is 378 g/mol. The van der Waals surface area contributed by atoms with Gasteiger partial charge in [0.15, 0.2) is 5.69 Å². The van der Waals surface area contributed by atoms with Gasteiger partial charge < -0.3 is 10.0 Å². The van der Waals surface area contributed by atoms with Crippen molar-refractivity contribution < 1.29 is 14.7 Å². The molecule has 23 heavy (non-hydrogen) atoms. The SMILES string of the molecule is Cc1c(C(=O)N2CCC[C@H]2C(=O)O)nnn1-c1cccc(Br)c1. The summed E-state index contributed by atoms with van der Waals surface area (Å²) in [6.07, 6.45) is 1.15. The number of nitrogens with zero attached hydrogens (tertiary/aromatic N) is 4. The van der Waals surface area contributed by atoms with Crippen LogP contribution in [0.3, 0.4) is 0 Å². The van der Waals surface area contributed by atoms with Crippen LogP contribution < -0.4 is 0 Å². The second kappa shape index (κ2) is 6.11. The highest BCUT2D eigenvalue weighted by molar-refractivity contribution is 9.10. The van der Waals surface area contributed by atoms with Gasteiger partial charge in [0, 0.05) is 11.0 Å². The normalized spacial score (nSPS) is 17.5. The number of carbonyl (C=O) groups excluding carboxylic acids is 1. The molecular weight excluding hydrogens is 364 g/mol. The van der Waals surface area contributed by atoms with Crippen LogP contribution in [0.2, 0.25) is 0 Å². The van der Waals surface area contributed by atoms with Crippen molar-refractivity contribution >= 4 is 27.8 Å². The summed E-state index contributed by atoms with van der Waals surface area (Å²) in [5.74, 6) is -1.36. The summed E-state index contributed by atoms with van der Waals surface area (Å²) in [6.45, 7) is 2.18. The van der Waals surface area contributed by atoms with Crippen molar-refractivity contribution in [3.05, 3.63) is 40.1 Å². The molecule has 1 saturated heterocycles. The minimum Gasteiger partial charge on any atom is -0.480 e. The van der Waals surface area contributed by atoms with E-state index < -0.39 is 12.0 Å². The Bertz CT molecular complexity index is 774. The third kappa shape index (κ3) is 2.86. The zero-order chi connectivity index (χ0) is 16.6. The first-order valence-corrected chi connectivity index (χ1v) is 8.00. The van der Waals surface area contributed by atoms with Gasteiger partial charge in [-0.05, 0) is 38.0 Å². The van der Waals surface area contributed by atoms with Crippen LogP contribution in [0.25, 0.3) is 5.69 Å². The van der Waals surface area contributed by atoms with Gasteiger partial charge >= 0.3 is 5.97 Å². The molecule has 1 amide bonds. The Balaban J connectivity index is 1.93. The Morgan fingerprint density at radius 3 is 2.87 bits per heavy atom. The molecule has 7 nitrogen and oxygen atoms in total. The number of carboxylic acid groups (broad SMARTS) is 1. The summed E-state index contributed by atoms with van der Waals surface area (Å²) in [5, 5.41) is 17.2. The minimum absolute atomic E-state index is 0.193. The molecule has 1 aliphatic heterocycles. The van der Waals surface area contributed by atoms with Gasteiger partial charge in [-0.15, -0.1) is 5.10 Å². The molecule has 0 aliphatic carbocycles. The van der Waals surface area contributed by atoms with Gasteiger partial charge in [-0.3, -0.25) is 4.79 Å². The molecule has 0 radical (unpaired) electrons. The number of carbonyl (C=O) groups is 2. The van der Waals surface area contributed by atoms with Crippen LogP contribution in [0.1, 0.15) is 29.0 Å². The third-order valence-corrected chi connectivity index (χ3v) is 4.44. The Hall–Kier alpha value is -2.22. The average Bonchev–Trinajstić information content (AvgIpc) is 3.13. The second-order valence-electron chi connectivity index (χ2n) is 5.41. The van der Waals surface area contributed by atoms with E-state index in [1.807, 2.05) is 24.3 Å². The minimum atomic E-state index is -0.979. The Labute approximate surface area is 141 Å². The van der Waals surface area contributed by atoms with Gasteiger partial charge in [0.25, 0.3) is 5.91 Å². The van der Waals surface area contributed by atoms with Crippen molar-refractivity contribution in [3.63, 3.8) is 0 Å². The lowest BCUT2D eigenvalue weighted by Crippen LogP contribution is -2.40. The molecule has 1 aliphatic rings. The summed E-state index contributed by atoms with van der Waals surface area (Å²) in [7, 11) is 0. The van der Waals surface area contributed by atoms with E-state index in [0.29, 0.717) is 25.1 Å². The molecule has 1 fully saturated rings. The predicted molar refractivity (Wildman–Crippen MR) is 85.5 cm³/mol. The molecule has 0 saturated carbocycles. The highest BCUT2D eigenvalue weighted by Crippen LogP contribution is 2.22. The fourth-order valence-electron chi connectivity index (χ4n) is 2.78. The van der Waals surface area contributed by atoms with Crippen LogP contribution in [-0.4, -0.2) is 49.5 Å². The lowest BCUT2D eigenvalue weighted by atomic mass is 10.2. The van der Waals surface area contributed by atoms with Gasteiger partial charge in [0.1, 0.15) is 6.04 Å². The van der Waals surface area contributed by atoms with Gasteiger partial charge in [-0.25, -0.2) is 9.48 Å². The smallest absolute Gasteiger partial charge is 0.326 e. The zero-order valence-electron chi connectivity index (χ0n) is 12.4. The maximum atomic E-state index is 12.6. The van der Waals surface area contributed by atoms with Crippen molar-refractivity contribution in [2.75, 3.05) is 6.54 Å². The number of likely N-dealkylation sites (tertiary alicyclic amines) is 1. The van der Waals surface area contributed by atoms with E-state index in [2.05, 4.69) is 26.2 Å². The van der Waals surface area contributed by atoms with E-state index in [1.165, 1.54) is 4.90 Å². The number of carboxylic acids is 1. The van der Waals surface area contributed by atoms with Crippen molar-refractivity contribution in [1.29, 1.82) is 0 Å². The summed E-state index contributed by atoms with van der Waals surface area (Å²) < 4.78 is 2.47. The number of benzene rings is 1. The molecule has 0 bridgehead atoms. The average molecular weight is 379 g/mol. The quantitative estimate of drug-likeness (QED) is 0.882. The van der Waals surface area contributed by atoms with E-state index in [9.17, 15) is 14.7 Å². The Morgan fingerprint density at radius 2 is 2.17 bits per heavy atom. The Kier molecular flexibility index (Phi) is 4.16. The molecule has 2 aromatic rings. The van der Waals surface area contributed by atoms with Crippen LogP contribution in [0.15, 0.2) is 28.7 Å². The molecule has 3 rings (SSSR count). The molecule has 8 heteroatoms. The summed E-state index contributed by atoms with van der Waals surface area (Å²) in [5.41, 5.74) is 1.56. The molecular formula is C15H15BrN4O3. The molecule has 1 aromatic heterocycles. The molecule has 120 valence electrons. The van der Waals surface area contributed by atoms with Crippen LogP contribution in [-0.2, 0) is 4.79 Å². The van der Waals surface area contributed by atoms with Crippen LogP contribution in [0, 0.1) is 6.92 Å². The fraction of sp³-hybridized carbons (Fsp3) is 0.333. The summed E-state index contributed by atoms with van der Waals surface area (Å²) in [4.78, 5) is 25.3. The van der Waals surface area contributed by atoms with Crippen LogP contribution in [0.4, 0.5) is 0 Å². The highest BCUT2D eigenvalue weighted by Gasteiger charge is 2.36. The van der Waals surface area contributed by atoms with Crippen LogP contribution in [0.5, 0.6) is 0 Å². The molecule has 1 N–H and O–H groups in total. The van der Waals surface area contributed by atoms with E-state index in [0.717, 1.165) is 10.2 Å². The lowest BCUT2D eigenvalue weighted by Gasteiger charge is -2.20. The number of halogens is 1. The number of hydrogen-bond donors (Lipinski definition) is 1. The first kappa shape index (κ1) is 15.7. The number of aromatic nitrogens is 3. The van der Waals surface area contributed by atoms with E-state index in [4.69, 9.17) is 0 Å². The van der Waals surface area contributed by atoms with Crippen molar-refractivity contribution in [2.45, 2.75) is 25.8 Å². The number of aliphatic carboxylic acids is 1. The first-order chi connectivity index (χ1) is 11.0. The van der Waals surface area contributed by atoms with Gasteiger partial charge in [0.05, 0.1) is 11.4 Å². The van der Waals surface area contributed by atoms with Crippen LogP contribution >= 0.6 is 15.9 Å². The van der Waals surface area contributed by atoms with Gasteiger partial charge in [-0.1, -0.05) is 27.2 Å². The molecule has 1 atom stereocenters. The Morgan fingerprint density at radius 1 is 1.39 bits per heavy atom. The van der Waals surface area contributed by atoms with Crippen molar-refractivity contribution in [2.24, 2.45) is 0 Å². The summed E-state index contributed by atoms with van der Waals surface area (Å²) >= 11 is 3.40. The maximum absolute atomic E-state index is 12.6. The molecule has 2 heterocycles. The fourth-order valence-corrected chi connectivity index (χ4v) is 3.17. The molecule has 0 unspecified atom stereocenters. The maximum Gasteiger partial charge on any atom is 0.326 e. The van der Waals surface area contributed by atoms with E-state index >= 15 is 0 Å². The topological polar surface area (TPSA) is 88.3 Å². The predicted octanol–water partition coefficient (Wildman–Crippen LogP) is 2.03.